The van der Waals surface area contributed by atoms with Gasteiger partial charge in [-0.15, -0.1) is 0 Å². The topological polar surface area (TPSA) is 67.2 Å². The number of para-hydroxylation sites is 2. The van der Waals surface area contributed by atoms with Crippen molar-refractivity contribution in [2.75, 3.05) is 22.5 Å². The Morgan fingerprint density at radius 3 is 2.96 bits per heavy atom. The van der Waals surface area contributed by atoms with Gasteiger partial charge in [0.15, 0.2) is 5.16 Å². The van der Waals surface area contributed by atoms with Crippen LogP contribution in [0.5, 0.6) is 0 Å². The third-order valence-electron chi connectivity index (χ3n) is 3.89. The summed E-state index contributed by atoms with van der Waals surface area (Å²) < 4.78 is 1.99. The number of carbonyl (C=O) groups is 2. The van der Waals surface area contributed by atoms with Crippen molar-refractivity contribution in [3.63, 3.8) is 0 Å². The van der Waals surface area contributed by atoms with Gasteiger partial charge in [-0.1, -0.05) is 23.9 Å². The van der Waals surface area contributed by atoms with Crippen LogP contribution in [0.4, 0.5) is 11.4 Å². The zero-order valence-electron chi connectivity index (χ0n) is 13.6. The van der Waals surface area contributed by atoms with Crippen LogP contribution in [0.2, 0.25) is 0 Å². The summed E-state index contributed by atoms with van der Waals surface area (Å²) in [6, 6.07) is 7.44. The average molecular weight is 344 g/mol. The predicted octanol–water partition coefficient (Wildman–Crippen LogP) is 2.76. The average Bonchev–Trinajstić information content (AvgIpc) is 3.22. The van der Waals surface area contributed by atoms with E-state index >= 15 is 0 Å². The van der Waals surface area contributed by atoms with Gasteiger partial charge in [0.1, 0.15) is 0 Å². The zero-order valence-corrected chi connectivity index (χ0v) is 14.4. The van der Waals surface area contributed by atoms with Gasteiger partial charge in [-0.05, 0) is 25.5 Å². The van der Waals surface area contributed by atoms with Crippen LogP contribution in [0.15, 0.2) is 41.8 Å². The van der Waals surface area contributed by atoms with Crippen LogP contribution in [0.1, 0.15) is 19.8 Å². The molecule has 0 aliphatic carbocycles. The van der Waals surface area contributed by atoms with Gasteiger partial charge in [-0.2, -0.15) is 0 Å². The predicted molar refractivity (Wildman–Crippen MR) is 95.3 cm³/mol. The first-order valence-electron chi connectivity index (χ1n) is 8.02. The second kappa shape index (κ2) is 7.53. The number of aromatic nitrogens is 2. The Morgan fingerprint density at radius 1 is 1.38 bits per heavy atom. The van der Waals surface area contributed by atoms with Crippen molar-refractivity contribution in [3.8, 4) is 0 Å². The first kappa shape index (κ1) is 16.6. The number of carbonyl (C=O) groups excluding carboxylic acids is 2. The van der Waals surface area contributed by atoms with E-state index in [-0.39, 0.29) is 17.6 Å². The summed E-state index contributed by atoms with van der Waals surface area (Å²) >= 11 is 1.40. The van der Waals surface area contributed by atoms with E-state index in [9.17, 15) is 9.59 Å². The van der Waals surface area contributed by atoms with Crippen LogP contribution in [0.25, 0.3) is 0 Å². The van der Waals surface area contributed by atoms with E-state index in [0.717, 1.165) is 23.8 Å². The first-order chi connectivity index (χ1) is 11.7. The molecule has 24 heavy (non-hydrogen) atoms. The Labute approximate surface area is 145 Å². The molecule has 1 aromatic carbocycles. The highest BCUT2D eigenvalue weighted by Crippen LogP contribution is 2.29. The lowest BCUT2D eigenvalue weighted by atomic mass is 10.2. The van der Waals surface area contributed by atoms with Crippen LogP contribution in [0.3, 0.4) is 0 Å². The highest BCUT2D eigenvalue weighted by atomic mass is 32.2. The molecule has 6 nitrogen and oxygen atoms in total. The Kier molecular flexibility index (Phi) is 5.20. The van der Waals surface area contributed by atoms with Crippen molar-refractivity contribution in [3.05, 3.63) is 36.7 Å². The third kappa shape index (κ3) is 3.62. The second-order valence-electron chi connectivity index (χ2n) is 5.50. The van der Waals surface area contributed by atoms with Gasteiger partial charge in [-0.25, -0.2) is 4.98 Å². The Morgan fingerprint density at radius 2 is 2.21 bits per heavy atom. The molecule has 0 bridgehead atoms. The maximum absolute atomic E-state index is 12.3. The number of hydrogen-bond acceptors (Lipinski definition) is 4. The molecule has 0 spiro atoms. The highest BCUT2D eigenvalue weighted by Gasteiger charge is 2.24. The van der Waals surface area contributed by atoms with Gasteiger partial charge in [0.2, 0.25) is 11.8 Å². The SMILES string of the molecule is CCn1ccnc1SCC(=O)Nc1ccccc1N1CCCC1=O. The molecule has 0 atom stereocenters. The van der Waals surface area contributed by atoms with Gasteiger partial charge < -0.3 is 14.8 Å². The number of hydrogen-bond donors (Lipinski definition) is 1. The highest BCUT2D eigenvalue weighted by molar-refractivity contribution is 7.99. The summed E-state index contributed by atoms with van der Waals surface area (Å²) in [6.45, 7) is 3.56. The Hall–Kier alpha value is -2.28. The van der Waals surface area contributed by atoms with Crippen molar-refractivity contribution in [2.45, 2.75) is 31.5 Å². The van der Waals surface area contributed by atoms with Crippen LogP contribution in [-0.2, 0) is 16.1 Å². The number of benzene rings is 1. The van der Waals surface area contributed by atoms with Crippen LogP contribution in [-0.4, -0.2) is 33.7 Å². The smallest absolute Gasteiger partial charge is 0.234 e. The summed E-state index contributed by atoms with van der Waals surface area (Å²) in [5.74, 6) is 0.278. The van der Waals surface area contributed by atoms with Crippen molar-refractivity contribution >= 4 is 35.0 Å². The molecule has 126 valence electrons. The molecule has 0 radical (unpaired) electrons. The molecule has 1 aliphatic heterocycles. The van der Waals surface area contributed by atoms with Gasteiger partial charge in [-0.3, -0.25) is 9.59 Å². The molecule has 0 saturated carbocycles. The lowest BCUT2D eigenvalue weighted by Gasteiger charge is -2.19. The van der Waals surface area contributed by atoms with Crippen molar-refractivity contribution in [1.29, 1.82) is 0 Å². The molecule has 1 aliphatic rings. The number of nitrogens with zero attached hydrogens (tertiary/aromatic N) is 3. The van der Waals surface area contributed by atoms with Gasteiger partial charge in [0.25, 0.3) is 0 Å². The van der Waals surface area contributed by atoms with E-state index in [4.69, 9.17) is 0 Å². The maximum atomic E-state index is 12.3. The number of rotatable bonds is 6. The Bertz CT molecular complexity index is 744. The molecule has 1 saturated heterocycles. The number of anilines is 2. The fraction of sp³-hybridized carbons (Fsp3) is 0.353. The first-order valence-corrected chi connectivity index (χ1v) is 9.00. The van der Waals surface area contributed by atoms with E-state index in [2.05, 4.69) is 10.3 Å². The largest absolute Gasteiger partial charge is 0.326 e. The summed E-state index contributed by atoms with van der Waals surface area (Å²) in [6.07, 6.45) is 5.06. The molecule has 7 heteroatoms. The third-order valence-corrected chi connectivity index (χ3v) is 4.90. The molecule has 2 amide bonds. The summed E-state index contributed by atoms with van der Waals surface area (Å²) in [5.41, 5.74) is 1.45. The fourth-order valence-electron chi connectivity index (χ4n) is 2.71. The lowest BCUT2D eigenvalue weighted by Crippen LogP contribution is -2.26. The zero-order chi connectivity index (χ0) is 16.9. The fourth-order valence-corrected chi connectivity index (χ4v) is 3.53. The molecular weight excluding hydrogens is 324 g/mol. The quantitative estimate of drug-likeness (QED) is 0.818. The lowest BCUT2D eigenvalue weighted by molar-refractivity contribution is -0.117. The molecule has 1 N–H and O–H groups in total. The molecule has 3 rings (SSSR count). The van der Waals surface area contributed by atoms with Crippen molar-refractivity contribution in [1.82, 2.24) is 9.55 Å². The minimum atomic E-state index is -0.107. The van der Waals surface area contributed by atoms with E-state index in [1.54, 1.807) is 11.1 Å². The van der Waals surface area contributed by atoms with Crippen molar-refractivity contribution < 1.29 is 9.59 Å². The monoisotopic (exact) mass is 344 g/mol. The minimum absolute atomic E-state index is 0.107. The second-order valence-corrected chi connectivity index (χ2v) is 6.44. The van der Waals surface area contributed by atoms with Gasteiger partial charge in [0, 0.05) is 31.9 Å². The number of nitrogens with one attached hydrogen (secondary N) is 1. The molecule has 2 aromatic rings. The number of amides is 2. The molecule has 0 unspecified atom stereocenters. The van der Waals surface area contributed by atoms with Gasteiger partial charge in [0.05, 0.1) is 17.1 Å². The number of aryl methyl sites for hydroxylation is 1. The standard InChI is InChI=1S/C17H20N4O2S/c1-2-20-11-9-18-17(20)24-12-15(22)19-13-6-3-4-7-14(13)21-10-5-8-16(21)23/h3-4,6-7,9,11H,2,5,8,10,12H2,1H3,(H,19,22). The van der Waals surface area contributed by atoms with Crippen molar-refractivity contribution in [2.24, 2.45) is 0 Å². The molecule has 1 aromatic heterocycles. The van der Waals surface area contributed by atoms with Crippen LogP contribution < -0.4 is 10.2 Å². The number of imidazole rings is 1. The van der Waals surface area contributed by atoms with Gasteiger partial charge >= 0.3 is 0 Å². The summed E-state index contributed by atoms with van der Waals surface area (Å²) in [4.78, 5) is 30.2. The normalized spacial score (nSPS) is 14.2. The number of thioether (sulfide) groups is 1. The Balaban J connectivity index is 1.65. The van der Waals surface area contributed by atoms with E-state index < -0.39 is 0 Å². The van der Waals surface area contributed by atoms with Crippen LogP contribution in [0, 0.1) is 0 Å². The van der Waals surface area contributed by atoms with E-state index in [1.807, 2.05) is 42.0 Å². The maximum Gasteiger partial charge on any atom is 0.234 e. The molecule has 1 fully saturated rings. The molecular formula is C17H20N4O2S. The summed E-state index contributed by atoms with van der Waals surface area (Å²) in [5, 5.41) is 3.75. The molecule has 2 heterocycles. The van der Waals surface area contributed by atoms with E-state index in [0.29, 0.717) is 18.7 Å². The minimum Gasteiger partial charge on any atom is -0.326 e. The van der Waals surface area contributed by atoms with Crippen LogP contribution >= 0.6 is 11.8 Å². The summed E-state index contributed by atoms with van der Waals surface area (Å²) in [7, 11) is 0. The van der Waals surface area contributed by atoms with E-state index in [1.165, 1.54) is 11.8 Å².